The van der Waals surface area contributed by atoms with Gasteiger partial charge < -0.3 is 30.3 Å². The Morgan fingerprint density at radius 1 is 1.20 bits per heavy atom. The Balaban J connectivity index is 4.57. The lowest BCUT2D eigenvalue weighted by Gasteiger charge is -2.25. The fourth-order valence-corrected chi connectivity index (χ4v) is 1.25. The number of hydrogen-bond donors (Lipinski definition) is 5. The standard InChI is InChI=1S/C11H18O9/c1-5(11(18)19)2-8(15)20-7(4-13)10(17)9(16)6(14)3-12/h4-7,9-10,12,14,16-17H,2-3H2,1H3,(H,18,19)/t5?,6-,7+,9+,10-/m1/s1. The van der Waals surface area contributed by atoms with Gasteiger partial charge in [-0.1, -0.05) is 6.92 Å². The number of esters is 1. The lowest BCUT2D eigenvalue weighted by molar-refractivity contribution is -0.170. The third-order valence-electron chi connectivity index (χ3n) is 2.56. The lowest BCUT2D eigenvalue weighted by Crippen LogP contribution is -2.48. The van der Waals surface area contributed by atoms with Crippen LogP contribution in [0.3, 0.4) is 0 Å². The zero-order valence-corrected chi connectivity index (χ0v) is 10.7. The van der Waals surface area contributed by atoms with Crippen LogP contribution in [0.4, 0.5) is 0 Å². The summed E-state index contributed by atoms with van der Waals surface area (Å²) in [6.45, 7) is 0.383. The number of carbonyl (C=O) groups is 3. The minimum atomic E-state index is -1.95. The number of aldehydes is 1. The van der Waals surface area contributed by atoms with E-state index in [-0.39, 0.29) is 6.29 Å². The minimum absolute atomic E-state index is 0.0291. The summed E-state index contributed by atoms with van der Waals surface area (Å²) in [4.78, 5) is 32.6. The summed E-state index contributed by atoms with van der Waals surface area (Å²) in [6.07, 6.45) is -7.84. The maximum absolute atomic E-state index is 11.3. The highest BCUT2D eigenvalue weighted by Crippen LogP contribution is 2.10. The van der Waals surface area contributed by atoms with Crippen LogP contribution in [0.25, 0.3) is 0 Å². The van der Waals surface area contributed by atoms with Crippen molar-refractivity contribution in [1.29, 1.82) is 0 Å². The number of hydrogen-bond acceptors (Lipinski definition) is 8. The second-order valence-corrected chi connectivity index (χ2v) is 4.27. The second kappa shape index (κ2) is 8.59. The van der Waals surface area contributed by atoms with Crippen molar-refractivity contribution >= 4 is 18.2 Å². The number of aliphatic carboxylic acids is 1. The average molecular weight is 294 g/mol. The molecule has 0 aliphatic heterocycles. The third kappa shape index (κ3) is 5.61. The Bertz CT molecular complexity index is 343. The van der Waals surface area contributed by atoms with Gasteiger partial charge in [-0.25, -0.2) is 0 Å². The summed E-state index contributed by atoms with van der Waals surface area (Å²) in [5.41, 5.74) is 0. The number of ether oxygens (including phenoxy) is 1. The maximum atomic E-state index is 11.3. The quantitative estimate of drug-likeness (QED) is 0.225. The van der Waals surface area contributed by atoms with E-state index in [4.69, 9.17) is 15.3 Å². The van der Waals surface area contributed by atoms with Crippen molar-refractivity contribution in [2.45, 2.75) is 37.8 Å². The largest absolute Gasteiger partial charge is 0.481 e. The number of aliphatic hydroxyl groups is 4. The molecule has 9 heteroatoms. The van der Waals surface area contributed by atoms with Crippen molar-refractivity contribution < 1.29 is 44.7 Å². The van der Waals surface area contributed by atoms with Gasteiger partial charge in [-0.2, -0.15) is 0 Å². The molecule has 0 amide bonds. The molecule has 0 heterocycles. The van der Waals surface area contributed by atoms with Gasteiger partial charge in [0, 0.05) is 0 Å². The fraction of sp³-hybridized carbons (Fsp3) is 0.727. The normalized spacial score (nSPS) is 18.4. The van der Waals surface area contributed by atoms with E-state index in [1.165, 1.54) is 6.92 Å². The Hall–Kier alpha value is -1.55. The van der Waals surface area contributed by atoms with Gasteiger partial charge in [-0.3, -0.25) is 14.4 Å². The van der Waals surface area contributed by atoms with E-state index < -0.39 is 55.3 Å². The van der Waals surface area contributed by atoms with Gasteiger partial charge >= 0.3 is 11.9 Å². The van der Waals surface area contributed by atoms with Crippen LogP contribution >= 0.6 is 0 Å². The monoisotopic (exact) mass is 294 g/mol. The molecule has 0 aromatic rings. The molecule has 0 aromatic carbocycles. The van der Waals surface area contributed by atoms with E-state index in [0.717, 1.165) is 0 Å². The van der Waals surface area contributed by atoms with Gasteiger partial charge in [-0.15, -0.1) is 0 Å². The third-order valence-corrected chi connectivity index (χ3v) is 2.56. The van der Waals surface area contributed by atoms with Crippen molar-refractivity contribution in [2.75, 3.05) is 6.61 Å². The summed E-state index contributed by atoms with van der Waals surface area (Å²) in [6, 6.07) is 0. The number of rotatable bonds is 9. The van der Waals surface area contributed by atoms with Gasteiger partial charge in [-0.05, 0) is 0 Å². The van der Waals surface area contributed by atoms with Gasteiger partial charge in [0.1, 0.15) is 18.3 Å². The van der Waals surface area contributed by atoms with E-state index in [1.54, 1.807) is 0 Å². The molecule has 9 nitrogen and oxygen atoms in total. The molecule has 0 fully saturated rings. The molecule has 0 aliphatic rings. The van der Waals surface area contributed by atoms with Crippen LogP contribution in [-0.2, 0) is 19.1 Å². The van der Waals surface area contributed by atoms with Crippen LogP contribution in [0.2, 0.25) is 0 Å². The van der Waals surface area contributed by atoms with Crippen molar-refractivity contribution in [3.05, 3.63) is 0 Å². The average Bonchev–Trinajstić information content (AvgIpc) is 2.41. The van der Waals surface area contributed by atoms with E-state index >= 15 is 0 Å². The van der Waals surface area contributed by atoms with Crippen LogP contribution in [0.1, 0.15) is 13.3 Å². The molecule has 20 heavy (non-hydrogen) atoms. The zero-order valence-electron chi connectivity index (χ0n) is 10.7. The molecule has 1 unspecified atom stereocenters. The van der Waals surface area contributed by atoms with Crippen molar-refractivity contribution in [1.82, 2.24) is 0 Å². The van der Waals surface area contributed by atoms with Gasteiger partial charge in [0.2, 0.25) is 0 Å². The summed E-state index contributed by atoms with van der Waals surface area (Å²) >= 11 is 0. The SMILES string of the molecule is CC(CC(=O)O[C@@H](C=O)[C@@H](O)[C@@H](O)[C@H](O)CO)C(=O)O. The topological polar surface area (TPSA) is 162 Å². The molecule has 0 rings (SSSR count). The van der Waals surface area contributed by atoms with Crippen LogP contribution in [0.5, 0.6) is 0 Å². The highest BCUT2D eigenvalue weighted by molar-refractivity contribution is 5.79. The van der Waals surface area contributed by atoms with Crippen molar-refractivity contribution in [3.8, 4) is 0 Å². The van der Waals surface area contributed by atoms with Crippen LogP contribution in [0, 0.1) is 5.92 Å². The summed E-state index contributed by atoms with van der Waals surface area (Å²) in [5.74, 6) is -3.33. The molecule has 0 saturated heterocycles. The number of carboxylic acid groups (broad SMARTS) is 1. The van der Waals surface area contributed by atoms with Gasteiger partial charge in [0.15, 0.2) is 12.4 Å². The lowest BCUT2D eigenvalue weighted by atomic mass is 10.0. The predicted molar refractivity (Wildman–Crippen MR) is 62.5 cm³/mol. The van der Waals surface area contributed by atoms with Crippen molar-refractivity contribution in [3.63, 3.8) is 0 Å². The van der Waals surface area contributed by atoms with Gasteiger partial charge in [0.25, 0.3) is 0 Å². The molecule has 0 saturated carbocycles. The molecule has 0 radical (unpaired) electrons. The molecule has 0 aliphatic carbocycles. The summed E-state index contributed by atoms with van der Waals surface area (Å²) in [7, 11) is 0. The highest BCUT2D eigenvalue weighted by Gasteiger charge is 2.33. The van der Waals surface area contributed by atoms with E-state index in [2.05, 4.69) is 4.74 Å². The zero-order chi connectivity index (χ0) is 15.9. The summed E-state index contributed by atoms with van der Waals surface area (Å²) < 4.78 is 4.52. The molecular weight excluding hydrogens is 276 g/mol. The van der Waals surface area contributed by atoms with Crippen LogP contribution in [-0.4, -0.2) is 74.8 Å². The fourth-order valence-electron chi connectivity index (χ4n) is 1.25. The molecular formula is C11H18O9. The van der Waals surface area contributed by atoms with Crippen LogP contribution < -0.4 is 0 Å². The molecule has 116 valence electrons. The Kier molecular flexibility index (Phi) is 7.92. The smallest absolute Gasteiger partial charge is 0.307 e. The molecule has 0 aromatic heterocycles. The first-order valence-electron chi connectivity index (χ1n) is 5.77. The van der Waals surface area contributed by atoms with Crippen molar-refractivity contribution in [2.24, 2.45) is 5.92 Å². The first-order chi connectivity index (χ1) is 9.24. The molecule has 5 N–H and O–H groups in total. The first-order valence-corrected chi connectivity index (χ1v) is 5.77. The van der Waals surface area contributed by atoms with E-state index in [1.807, 2.05) is 0 Å². The molecule has 0 spiro atoms. The predicted octanol–water partition coefficient (Wildman–Crippen LogP) is -2.72. The van der Waals surface area contributed by atoms with Gasteiger partial charge in [0.05, 0.1) is 18.9 Å². The number of carboxylic acids is 1. The number of carbonyl (C=O) groups excluding carboxylic acids is 2. The second-order valence-electron chi connectivity index (χ2n) is 4.27. The summed E-state index contributed by atoms with van der Waals surface area (Å²) in [5, 5.41) is 45.2. The minimum Gasteiger partial charge on any atom is -0.481 e. The Labute approximate surface area is 114 Å². The Morgan fingerprint density at radius 2 is 1.75 bits per heavy atom. The number of aliphatic hydroxyl groups excluding tert-OH is 4. The Morgan fingerprint density at radius 3 is 2.15 bits per heavy atom. The van der Waals surface area contributed by atoms with E-state index in [9.17, 15) is 24.6 Å². The molecule has 5 atom stereocenters. The van der Waals surface area contributed by atoms with Crippen LogP contribution in [0.15, 0.2) is 0 Å². The first kappa shape index (κ1) is 18.4. The highest BCUT2D eigenvalue weighted by atomic mass is 16.6. The maximum Gasteiger partial charge on any atom is 0.307 e. The molecule has 0 bridgehead atoms. The van der Waals surface area contributed by atoms with E-state index in [0.29, 0.717) is 0 Å².